The minimum absolute atomic E-state index is 0.232. The minimum atomic E-state index is -4.35. The van der Waals surface area contributed by atoms with Gasteiger partial charge in [-0.1, -0.05) is 25.1 Å². The second kappa shape index (κ2) is 4.02. The van der Waals surface area contributed by atoms with Crippen molar-refractivity contribution >= 4 is 0 Å². The largest absolute Gasteiger partial charge is 0.416 e. The first-order valence-electron chi connectivity index (χ1n) is 5.77. The molecule has 1 saturated carbocycles. The van der Waals surface area contributed by atoms with Gasteiger partial charge in [-0.25, -0.2) is 0 Å². The molecule has 17 heavy (non-hydrogen) atoms. The molecule has 1 aromatic carbocycles. The maximum absolute atomic E-state index is 12.8. The molecule has 0 bridgehead atoms. The number of aliphatic hydroxyl groups is 1. The maximum atomic E-state index is 12.8. The predicted octanol–water partition coefficient (Wildman–Crippen LogP) is 3.72. The highest BCUT2D eigenvalue weighted by Crippen LogP contribution is 2.50. The van der Waals surface area contributed by atoms with Gasteiger partial charge in [-0.15, -0.1) is 0 Å². The summed E-state index contributed by atoms with van der Waals surface area (Å²) in [6, 6.07) is 5.55. The molecule has 0 saturated heterocycles. The molecule has 0 aromatic heterocycles. The Bertz CT molecular complexity index is 409. The lowest BCUT2D eigenvalue weighted by atomic mass is 9.64. The zero-order valence-corrected chi connectivity index (χ0v) is 9.59. The SMILES string of the molecule is CCC1(O)CCC1c1ccccc1C(F)(F)F. The summed E-state index contributed by atoms with van der Waals surface area (Å²) in [7, 11) is 0. The highest BCUT2D eigenvalue weighted by molar-refractivity contribution is 5.36. The first kappa shape index (κ1) is 12.4. The van der Waals surface area contributed by atoms with E-state index < -0.39 is 17.3 Å². The van der Waals surface area contributed by atoms with Crippen LogP contribution in [0, 0.1) is 0 Å². The molecule has 0 heterocycles. The molecule has 1 nitrogen and oxygen atoms in total. The Labute approximate surface area is 98.3 Å². The predicted molar refractivity (Wildman–Crippen MR) is 58.7 cm³/mol. The molecule has 0 amide bonds. The van der Waals surface area contributed by atoms with Crippen LogP contribution in [0.15, 0.2) is 24.3 Å². The molecule has 2 atom stereocenters. The van der Waals surface area contributed by atoms with Gasteiger partial charge in [0.25, 0.3) is 0 Å². The van der Waals surface area contributed by atoms with Crippen LogP contribution >= 0.6 is 0 Å². The average Bonchev–Trinajstić information content (AvgIpc) is 2.26. The van der Waals surface area contributed by atoms with Crippen molar-refractivity contribution in [1.82, 2.24) is 0 Å². The highest BCUT2D eigenvalue weighted by atomic mass is 19.4. The van der Waals surface area contributed by atoms with E-state index in [1.165, 1.54) is 12.1 Å². The summed E-state index contributed by atoms with van der Waals surface area (Å²) in [5.41, 5.74) is -1.34. The van der Waals surface area contributed by atoms with Gasteiger partial charge in [-0.2, -0.15) is 13.2 Å². The number of halogens is 3. The van der Waals surface area contributed by atoms with Crippen LogP contribution in [0.4, 0.5) is 13.2 Å². The van der Waals surface area contributed by atoms with Gasteiger partial charge in [0, 0.05) is 5.92 Å². The van der Waals surface area contributed by atoms with Crippen molar-refractivity contribution < 1.29 is 18.3 Å². The van der Waals surface area contributed by atoms with Crippen LogP contribution in [0.25, 0.3) is 0 Å². The summed E-state index contributed by atoms with van der Waals surface area (Å²) in [5.74, 6) is -0.384. The topological polar surface area (TPSA) is 20.2 Å². The summed E-state index contributed by atoms with van der Waals surface area (Å²) >= 11 is 0. The molecule has 0 radical (unpaired) electrons. The second-order valence-electron chi connectivity index (χ2n) is 4.63. The van der Waals surface area contributed by atoms with Crippen molar-refractivity contribution in [2.24, 2.45) is 0 Å². The summed E-state index contributed by atoms with van der Waals surface area (Å²) in [5, 5.41) is 10.2. The first-order valence-corrected chi connectivity index (χ1v) is 5.77. The fraction of sp³-hybridized carbons (Fsp3) is 0.538. The van der Waals surface area contributed by atoms with E-state index in [2.05, 4.69) is 0 Å². The molecule has 1 aliphatic rings. The third kappa shape index (κ3) is 2.06. The monoisotopic (exact) mass is 244 g/mol. The third-order valence-corrected chi connectivity index (χ3v) is 3.77. The molecule has 4 heteroatoms. The fourth-order valence-corrected chi connectivity index (χ4v) is 2.55. The standard InChI is InChI=1S/C13H15F3O/c1-2-12(17)8-7-10(12)9-5-3-4-6-11(9)13(14,15)16/h3-6,10,17H,2,7-8H2,1H3. The highest BCUT2D eigenvalue weighted by Gasteiger charge is 2.47. The van der Waals surface area contributed by atoms with Crippen molar-refractivity contribution in [2.75, 3.05) is 0 Å². The molecule has 2 unspecified atom stereocenters. The fourth-order valence-electron chi connectivity index (χ4n) is 2.55. The van der Waals surface area contributed by atoms with Gasteiger partial charge in [0.15, 0.2) is 0 Å². The smallest absolute Gasteiger partial charge is 0.389 e. The summed E-state index contributed by atoms with van der Waals surface area (Å²) < 4.78 is 38.5. The lowest BCUT2D eigenvalue weighted by molar-refractivity contribution is -0.140. The second-order valence-corrected chi connectivity index (χ2v) is 4.63. The Morgan fingerprint density at radius 3 is 2.47 bits per heavy atom. The molecule has 0 aliphatic heterocycles. The number of alkyl halides is 3. The summed E-state index contributed by atoms with van der Waals surface area (Å²) in [6.07, 6.45) is -2.65. The van der Waals surface area contributed by atoms with E-state index in [0.29, 0.717) is 19.3 Å². The lowest BCUT2D eigenvalue weighted by Gasteiger charge is -2.46. The summed E-state index contributed by atoms with van der Waals surface area (Å²) in [6.45, 7) is 1.81. The van der Waals surface area contributed by atoms with Gasteiger partial charge >= 0.3 is 6.18 Å². The van der Waals surface area contributed by atoms with Crippen molar-refractivity contribution in [3.8, 4) is 0 Å². The summed E-state index contributed by atoms with van der Waals surface area (Å²) in [4.78, 5) is 0. The molecule has 2 rings (SSSR count). The minimum Gasteiger partial charge on any atom is -0.389 e. The van der Waals surface area contributed by atoms with E-state index in [1.54, 1.807) is 6.07 Å². The normalized spacial score (nSPS) is 28.9. The third-order valence-electron chi connectivity index (χ3n) is 3.77. The molecule has 1 N–H and O–H groups in total. The van der Waals surface area contributed by atoms with Crippen LogP contribution in [0.1, 0.15) is 43.2 Å². The van der Waals surface area contributed by atoms with Gasteiger partial charge in [-0.3, -0.25) is 0 Å². The Morgan fingerprint density at radius 1 is 1.35 bits per heavy atom. The maximum Gasteiger partial charge on any atom is 0.416 e. The average molecular weight is 244 g/mol. The zero-order chi connectivity index (χ0) is 12.7. The molecule has 1 aliphatic carbocycles. The van der Waals surface area contributed by atoms with E-state index in [9.17, 15) is 18.3 Å². The number of benzene rings is 1. The number of hydrogen-bond donors (Lipinski definition) is 1. The van der Waals surface area contributed by atoms with Crippen molar-refractivity contribution in [3.05, 3.63) is 35.4 Å². The van der Waals surface area contributed by atoms with Crippen LogP contribution < -0.4 is 0 Å². The lowest BCUT2D eigenvalue weighted by Crippen LogP contribution is -2.45. The van der Waals surface area contributed by atoms with Gasteiger partial charge in [0.05, 0.1) is 11.2 Å². The van der Waals surface area contributed by atoms with Gasteiger partial charge in [-0.05, 0) is 30.9 Å². The zero-order valence-electron chi connectivity index (χ0n) is 9.59. The van der Waals surface area contributed by atoms with Crippen LogP contribution in [0.5, 0.6) is 0 Å². The van der Waals surface area contributed by atoms with Crippen LogP contribution in [-0.4, -0.2) is 10.7 Å². The number of rotatable bonds is 2. The van der Waals surface area contributed by atoms with E-state index in [0.717, 1.165) is 6.07 Å². The van der Waals surface area contributed by atoms with E-state index in [-0.39, 0.29) is 11.5 Å². The van der Waals surface area contributed by atoms with Crippen molar-refractivity contribution in [1.29, 1.82) is 0 Å². The Kier molecular flexibility index (Phi) is 2.94. The molecule has 94 valence electrons. The first-order chi connectivity index (χ1) is 7.88. The van der Waals surface area contributed by atoms with Crippen LogP contribution in [0.3, 0.4) is 0 Å². The van der Waals surface area contributed by atoms with Gasteiger partial charge < -0.3 is 5.11 Å². The molecular weight excluding hydrogens is 229 g/mol. The molecular formula is C13H15F3O. The van der Waals surface area contributed by atoms with E-state index in [1.807, 2.05) is 6.92 Å². The molecule has 1 aromatic rings. The molecule has 1 fully saturated rings. The Hall–Kier alpha value is -1.03. The van der Waals surface area contributed by atoms with Gasteiger partial charge in [0.1, 0.15) is 0 Å². The van der Waals surface area contributed by atoms with Gasteiger partial charge in [0.2, 0.25) is 0 Å². The Balaban J connectivity index is 2.40. The van der Waals surface area contributed by atoms with E-state index in [4.69, 9.17) is 0 Å². The van der Waals surface area contributed by atoms with Crippen molar-refractivity contribution in [3.63, 3.8) is 0 Å². The quantitative estimate of drug-likeness (QED) is 0.840. The van der Waals surface area contributed by atoms with Crippen LogP contribution in [0.2, 0.25) is 0 Å². The van der Waals surface area contributed by atoms with Crippen molar-refractivity contribution in [2.45, 2.75) is 43.9 Å². The Morgan fingerprint density at radius 2 is 2.00 bits per heavy atom. The molecule has 0 spiro atoms. The van der Waals surface area contributed by atoms with Crippen LogP contribution in [-0.2, 0) is 6.18 Å². The number of hydrogen-bond acceptors (Lipinski definition) is 1. The van der Waals surface area contributed by atoms with E-state index >= 15 is 0 Å².